The van der Waals surface area contributed by atoms with Crippen LogP contribution in [0.5, 0.6) is 0 Å². The number of hydrogen-bond acceptors (Lipinski definition) is 3. The summed E-state index contributed by atoms with van der Waals surface area (Å²) in [5.74, 6) is -0.500. The van der Waals surface area contributed by atoms with Gasteiger partial charge in [0.05, 0.1) is 0 Å². The second-order valence-corrected chi connectivity index (χ2v) is 11.3. The molecule has 3 nitrogen and oxygen atoms in total. The molecule has 10 heavy (non-hydrogen) atoms. The van der Waals surface area contributed by atoms with Gasteiger partial charge in [0, 0.05) is 0 Å². The summed E-state index contributed by atoms with van der Waals surface area (Å²) < 4.78 is 4.98. The number of hydrogen-bond donors (Lipinski definition) is 1. The van der Waals surface area contributed by atoms with E-state index in [-0.39, 0.29) is 0 Å². The normalized spacial score (nSPS) is 14.5. The van der Waals surface area contributed by atoms with Gasteiger partial charge in [-0.25, -0.2) is 0 Å². The van der Waals surface area contributed by atoms with Crippen LogP contribution in [0.15, 0.2) is 0 Å². The van der Waals surface area contributed by atoms with Crippen molar-refractivity contribution in [1.29, 1.82) is 0 Å². The van der Waals surface area contributed by atoms with Crippen LogP contribution in [0.3, 0.4) is 0 Å². The predicted octanol–water partition coefficient (Wildman–Crippen LogP) is 0.745. The van der Waals surface area contributed by atoms with Gasteiger partial charge in [-0.1, -0.05) is 0 Å². The molecule has 1 atom stereocenters. The molecule has 0 aromatic rings. The number of carbonyl (C=O) groups excluding carboxylic acids is 1. The van der Waals surface area contributed by atoms with E-state index in [0.29, 0.717) is 0 Å². The van der Waals surface area contributed by atoms with Crippen LogP contribution in [0.25, 0.3) is 0 Å². The molecule has 0 aliphatic carbocycles. The van der Waals surface area contributed by atoms with Gasteiger partial charge in [0.2, 0.25) is 0 Å². The van der Waals surface area contributed by atoms with Crippen molar-refractivity contribution in [1.82, 2.24) is 0 Å². The molecule has 1 unspecified atom stereocenters. The van der Waals surface area contributed by atoms with Gasteiger partial charge in [-0.05, 0) is 0 Å². The molecule has 0 spiro atoms. The SMILES string of the molecule is CC(O)C(=O)O[As](C)(C)C. The molecule has 0 fully saturated rings. The van der Waals surface area contributed by atoms with Crippen LogP contribution in [0.2, 0.25) is 17.1 Å². The standard InChI is InChI=1S/C6H14AsO3/c1-5(8)6(9)10-7(2,3)4/h5,8H,1-4H3. The fourth-order valence-corrected chi connectivity index (χ4v) is 1.80. The summed E-state index contributed by atoms with van der Waals surface area (Å²) in [6.45, 7) is 1.41. The summed E-state index contributed by atoms with van der Waals surface area (Å²) in [5.41, 5.74) is 5.79. The molecular weight excluding hydrogens is 195 g/mol. The average molecular weight is 209 g/mol. The second-order valence-electron chi connectivity index (χ2n) is 2.98. The van der Waals surface area contributed by atoms with Crippen molar-refractivity contribution in [2.24, 2.45) is 0 Å². The van der Waals surface area contributed by atoms with Crippen LogP contribution in [0.4, 0.5) is 0 Å². The summed E-state index contributed by atoms with van der Waals surface area (Å²) in [4.78, 5) is 10.7. The van der Waals surface area contributed by atoms with E-state index >= 15 is 0 Å². The molecule has 4 heteroatoms. The third-order valence-electron chi connectivity index (χ3n) is 0.705. The van der Waals surface area contributed by atoms with Crippen molar-refractivity contribution in [3.05, 3.63) is 0 Å². The maximum atomic E-state index is 10.7. The molecule has 0 heterocycles. The van der Waals surface area contributed by atoms with E-state index in [0.717, 1.165) is 0 Å². The van der Waals surface area contributed by atoms with Crippen molar-refractivity contribution in [2.75, 3.05) is 0 Å². The Morgan fingerprint density at radius 1 is 1.50 bits per heavy atom. The van der Waals surface area contributed by atoms with Crippen LogP contribution < -0.4 is 0 Å². The van der Waals surface area contributed by atoms with E-state index in [1.807, 2.05) is 17.1 Å². The zero-order chi connectivity index (χ0) is 8.36. The molecule has 0 bridgehead atoms. The first-order chi connectivity index (χ1) is 4.33. The Labute approximate surface area is 64.2 Å². The zero-order valence-electron chi connectivity index (χ0n) is 6.79. The first-order valence-electron chi connectivity index (χ1n) is 3.06. The Bertz CT molecular complexity index is 125. The minimum absolute atomic E-state index is 0.500. The van der Waals surface area contributed by atoms with Gasteiger partial charge < -0.3 is 0 Å². The number of aliphatic hydroxyl groups is 1. The van der Waals surface area contributed by atoms with E-state index in [9.17, 15) is 4.79 Å². The van der Waals surface area contributed by atoms with Gasteiger partial charge in [0.15, 0.2) is 0 Å². The van der Waals surface area contributed by atoms with Gasteiger partial charge in [-0.2, -0.15) is 0 Å². The van der Waals surface area contributed by atoms with E-state index in [4.69, 9.17) is 8.83 Å². The van der Waals surface area contributed by atoms with E-state index < -0.39 is 26.0 Å². The van der Waals surface area contributed by atoms with Crippen LogP contribution >= 0.6 is 0 Å². The zero-order valence-corrected chi connectivity index (χ0v) is 8.66. The second kappa shape index (κ2) is 3.40. The molecule has 0 aliphatic heterocycles. The molecular formula is C6H14AsO3. The van der Waals surface area contributed by atoms with E-state index in [1.54, 1.807) is 0 Å². The Morgan fingerprint density at radius 3 is 2.00 bits per heavy atom. The number of carbonyl (C=O) groups is 1. The fourth-order valence-electron chi connectivity index (χ4n) is 0.346. The molecule has 1 N–H and O–H groups in total. The van der Waals surface area contributed by atoms with Crippen molar-refractivity contribution >= 4 is 19.9 Å². The molecule has 0 saturated carbocycles. The topological polar surface area (TPSA) is 46.5 Å². The van der Waals surface area contributed by atoms with E-state index in [1.165, 1.54) is 6.92 Å². The molecule has 61 valence electrons. The molecule has 1 radical (unpaired) electrons. The van der Waals surface area contributed by atoms with Gasteiger partial charge in [0.25, 0.3) is 0 Å². The van der Waals surface area contributed by atoms with Crippen molar-refractivity contribution < 1.29 is 13.6 Å². The summed E-state index contributed by atoms with van der Waals surface area (Å²) in [6, 6.07) is 0. The summed E-state index contributed by atoms with van der Waals surface area (Å²) >= 11 is -2.10. The van der Waals surface area contributed by atoms with Crippen LogP contribution in [-0.4, -0.2) is 31.1 Å². The van der Waals surface area contributed by atoms with Gasteiger partial charge in [-0.3, -0.25) is 0 Å². The van der Waals surface area contributed by atoms with E-state index in [2.05, 4.69) is 0 Å². The van der Waals surface area contributed by atoms with Gasteiger partial charge in [-0.15, -0.1) is 0 Å². The molecule has 0 aromatic heterocycles. The summed E-state index contributed by atoms with van der Waals surface area (Å²) in [7, 11) is 0. The molecule has 0 aliphatic rings. The Morgan fingerprint density at radius 2 is 1.90 bits per heavy atom. The van der Waals surface area contributed by atoms with Gasteiger partial charge >= 0.3 is 63.7 Å². The molecule has 0 amide bonds. The molecule has 0 aromatic carbocycles. The minimum atomic E-state index is -2.10. The third-order valence-corrected chi connectivity index (χ3v) is 2.23. The Balaban J connectivity index is 3.81. The van der Waals surface area contributed by atoms with Crippen molar-refractivity contribution in [3.63, 3.8) is 0 Å². The average Bonchev–Trinajstić information content (AvgIpc) is 1.60. The monoisotopic (exact) mass is 209 g/mol. The van der Waals surface area contributed by atoms with Crippen LogP contribution in [-0.2, 0) is 8.52 Å². The van der Waals surface area contributed by atoms with Crippen molar-refractivity contribution in [3.8, 4) is 0 Å². The quantitative estimate of drug-likeness (QED) is 0.682. The molecule has 0 saturated heterocycles. The van der Waals surface area contributed by atoms with Crippen molar-refractivity contribution in [2.45, 2.75) is 30.2 Å². The van der Waals surface area contributed by atoms with Crippen LogP contribution in [0.1, 0.15) is 6.92 Å². The predicted molar refractivity (Wildman–Crippen MR) is 41.1 cm³/mol. The van der Waals surface area contributed by atoms with Crippen LogP contribution in [0, 0.1) is 0 Å². The fraction of sp³-hybridized carbons (Fsp3) is 0.833. The Hall–Kier alpha value is -0.0116. The third kappa shape index (κ3) is 4.83. The summed E-state index contributed by atoms with van der Waals surface area (Å²) in [5, 5.41) is 8.74. The summed E-state index contributed by atoms with van der Waals surface area (Å²) in [6.07, 6.45) is -0.986. The Kier molecular flexibility index (Phi) is 3.40. The first-order valence-corrected chi connectivity index (χ1v) is 9.45. The molecule has 0 rings (SSSR count). The maximum absolute atomic E-state index is 10.7. The van der Waals surface area contributed by atoms with Gasteiger partial charge in [0.1, 0.15) is 0 Å². The number of rotatable bonds is 2. The first kappa shape index (κ1) is 9.99. The number of aliphatic hydroxyl groups excluding tert-OH is 1.